The van der Waals surface area contributed by atoms with E-state index in [1.165, 1.54) is 22.3 Å². The summed E-state index contributed by atoms with van der Waals surface area (Å²) in [6.07, 6.45) is 0.964. The maximum absolute atomic E-state index is 5.33. The summed E-state index contributed by atoms with van der Waals surface area (Å²) in [5.74, 6) is 1.56. The number of hydrogen-bond acceptors (Lipinski definition) is 3. The molecule has 0 saturated heterocycles. The van der Waals surface area contributed by atoms with Crippen LogP contribution in [-0.2, 0) is 13.0 Å². The Morgan fingerprint density at radius 3 is 2.30 bits per heavy atom. The first-order valence-electron chi connectivity index (χ1n) is 7.62. The number of nitrogens with one attached hydrogen (secondary N) is 1. The second-order valence-electron chi connectivity index (χ2n) is 5.55. The molecule has 0 radical (unpaired) electrons. The molecule has 0 aliphatic carbocycles. The van der Waals surface area contributed by atoms with Crippen molar-refractivity contribution in [2.45, 2.75) is 26.8 Å². The molecule has 0 amide bonds. The minimum Gasteiger partial charge on any atom is -0.493 e. The first kappa shape index (κ1) is 19.5. The quantitative estimate of drug-likeness (QED) is 0.730. The van der Waals surface area contributed by atoms with E-state index in [0.717, 1.165) is 31.0 Å². The van der Waals surface area contributed by atoms with Gasteiger partial charge in [0.1, 0.15) is 0 Å². The summed E-state index contributed by atoms with van der Waals surface area (Å²) < 4.78 is 10.6. The number of halogens is 1. The molecule has 126 valence electrons. The van der Waals surface area contributed by atoms with Crippen LogP contribution < -0.4 is 14.8 Å². The first-order valence-corrected chi connectivity index (χ1v) is 7.62. The second kappa shape index (κ2) is 9.58. The lowest BCUT2D eigenvalue weighted by Crippen LogP contribution is -2.17. The molecule has 0 saturated carbocycles. The summed E-state index contributed by atoms with van der Waals surface area (Å²) in [4.78, 5) is 0. The van der Waals surface area contributed by atoms with Gasteiger partial charge in [0.25, 0.3) is 0 Å². The molecule has 2 rings (SSSR count). The summed E-state index contributed by atoms with van der Waals surface area (Å²) in [6.45, 7) is 6.13. The van der Waals surface area contributed by atoms with E-state index >= 15 is 0 Å². The molecule has 2 aromatic rings. The molecule has 0 aliphatic heterocycles. The largest absolute Gasteiger partial charge is 0.493 e. The van der Waals surface area contributed by atoms with Crippen molar-refractivity contribution in [2.24, 2.45) is 0 Å². The molecule has 0 heterocycles. The van der Waals surface area contributed by atoms with Crippen molar-refractivity contribution in [2.75, 3.05) is 20.8 Å². The Morgan fingerprint density at radius 1 is 0.913 bits per heavy atom. The Kier molecular flexibility index (Phi) is 8.13. The lowest BCUT2D eigenvalue weighted by molar-refractivity contribution is 0.354. The molecule has 0 fully saturated rings. The summed E-state index contributed by atoms with van der Waals surface area (Å²) in [5, 5.41) is 3.50. The average Bonchev–Trinajstić information content (AvgIpc) is 2.53. The van der Waals surface area contributed by atoms with Gasteiger partial charge in [0.2, 0.25) is 0 Å². The number of aryl methyl sites for hydroxylation is 2. The summed E-state index contributed by atoms with van der Waals surface area (Å²) in [5.41, 5.74) is 5.26. The van der Waals surface area contributed by atoms with Crippen molar-refractivity contribution < 1.29 is 9.47 Å². The van der Waals surface area contributed by atoms with Gasteiger partial charge >= 0.3 is 0 Å². The Bertz CT molecular complexity index is 629. The molecular formula is C19H26BrNO2. The number of benzene rings is 2. The third-order valence-corrected chi connectivity index (χ3v) is 3.85. The SMILES string of the molecule is Br.COc1ccc(CCNCc2ccc(C)cc2C)cc1OC. The molecule has 2 aromatic carbocycles. The van der Waals surface area contributed by atoms with Crippen LogP contribution in [0, 0.1) is 13.8 Å². The van der Waals surface area contributed by atoms with Gasteiger partial charge in [-0.05, 0) is 55.6 Å². The molecule has 1 N–H and O–H groups in total. The molecule has 4 heteroatoms. The van der Waals surface area contributed by atoms with Crippen molar-refractivity contribution >= 4 is 17.0 Å². The standard InChI is InChI=1S/C19H25NO2.BrH/c1-14-5-7-17(15(2)11-14)13-20-10-9-16-6-8-18(21-3)19(12-16)22-4;/h5-8,11-12,20H,9-10,13H2,1-4H3;1H. The lowest BCUT2D eigenvalue weighted by Gasteiger charge is -2.11. The molecular weight excluding hydrogens is 354 g/mol. The molecule has 0 aromatic heterocycles. The van der Waals surface area contributed by atoms with Crippen LogP contribution in [0.25, 0.3) is 0 Å². The Morgan fingerprint density at radius 2 is 1.65 bits per heavy atom. The van der Waals surface area contributed by atoms with Gasteiger partial charge in [0.05, 0.1) is 14.2 Å². The predicted octanol–water partition coefficient (Wildman–Crippen LogP) is 4.23. The van der Waals surface area contributed by atoms with Crippen LogP contribution in [0.4, 0.5) is 0 Å². The van der Waals surface area contributed by atoms with Gasteiger partial charge in [0, 0.05) is 6.54 Å². The molecule has 3 nitrogen and oxygen atoms in total. The highest BCUT2D eigenvalue weighted by atomic mass is 79.9. The fraction of sp³-hybridized carbons (Fsp3) is 0.368. The fourth-order valence-corrected chi connectivity index (χ4v) is 2.54. The van der Waals surface area contributed by atoms with Gasteiger partial charge in [-0.15, -0.1) is 17.0 Å². The van der Waals surface area contributed by atoms with Crippen molar-refractivity contribution in [3.05, 3.63) is 58.7 Å². The van der Waals surface area contributed by atoms with Crippen molar-refractivity contribution in [3.8, 4) is 11.5 Å². The third kappa shape index (κ3) is 5.56. The second-order valence-corrected chi connectivity index (χ2v) is 5.55. The van der Waals surface area contributed by atoms with Crippen LogP contribution >= 0.6 is 17.0 Å². The Balaban J connectivity index is 0.00000264. The molecule has 0 spiro atoms. The lowest BCUT2D eigenvalue weighted by atomic mass is 10.1. The van der Waals surface area contributed by atoms with E-state index in [2.05, 4.69) is 43.4 Å². The van der Waals surface area contributed by atoms with E-state index in [1.807, 2.05) is 12.1 Å². The van der Waals surface area contributed by atoms with E-state index in [-0.39, 0.29) is 17.0 Å². The highest BCUT2D eigenvalue weighted by molar-refractivity contribution is 8.93. The molecule has 23 heavy (non-hydrogen) atoms. The van der Waals surface area contributed by atoms with Crippen LogP contribution in [0.3, 0.4) is 0 Å². The van der Waals surface area contributed by atoms with Gasteiger partial charge in [0.15, 0.2) is 11.5 Å². The summed E-state index contributed by atoms with van der Waals surface area (Å²) >= 11 is 0. The molecule has 0 bridgehead atoms. The van der Waals surface area contributed by atoms with E-state index in [9.17, 15) is 0 Å². The average molecular weight is 380 g/mol. The smallest absolute Gasteiger partial charge is 0.160 e. The zero-order valence-corrected chi connectivity index (χ0v) is 16.0. The molecule has 0 atom stereocenters. The number of rotatable bonds is 7. The topological polar surface area (TPSA) is 30.5 Å². The minimum absolute atomic E-state index is 0. The van der Waals surface area contributed by atoms with Crippen LogP contribution in [0.15, 0.2) is 36.4 Å². The monoisotopic (exact) mass is 379 g/mol. The molecule has 0 aliphatic rings. The first-order chi connectivity index (χ1) is 10.6. The highest BCUT2D eigenvalue weighted by Crippen LogP contribution is 2.27. The van der Waals surface area contributed by atoms with Crippen molar-refractivity contribution in [1.82, 2.24) is 5.32 Å². The Labute approximate surface area is 149 Å². The zero-order chi connectivity index (χ0) is 15.9. The minimum atomic E-state index is 0. The van der Waals surface area contributed by atoms with Crippen LogP contribution in [0.5, 0.6) is 11.5 Å². The van der Waals surface area contributed by atoms with E-state index < -0.39 is 0 Å². The fourth-order valence-electron chi connectivity index (χ4n) is 2.54. The summed E-state index contributed by atoms with van der Waals surface area (Å²) in [7, 11) is 3.32. The van der Waals surface area contributed by atoms with Gasteiger partial charge in [-0.2, -0.15) is 0 Å². The maximum atomic E-state index is 5.33. The number of ether oxygens (including phenoxy) is 2. The van der Waals surface area contributed by atoms with Crippen molar-refractivity contribution in [1.29, 1.82) is 0 Å². The highest BCUT2D eigenvalue weighted by Gasteiger charge is 2.04. The van der Waals surface area contributed by atoms with Gasteiger partial charge in [-0.25, -0.2) is 0 Å². The van der Waals surface area contributed by atoms with Crippen LogP contribution in [0.1, 0.15) is 22.3 Å². The van der Waals surface area contributed by atoms with Gasteiger partial charge < -0.3 is 14.8 Å². The summed E-state index contributed by atoms with van der Waals surface area (Å²) in [6, 6.07) is 12.7. The third-order valence-electron chi connectivity index (χ3n) is 3.85. The van der Waals surface area contributed by atoms with E-state index in [1.54, 1.807) is 14.2 Å². The number of methoxy groups -OCH3 is 2. The maximum Gasteiger partial charge on any atom is 0.160 e. The predicted molar refractivity (Wildman–Crippen MR) is 101 cm³/mol. The number of hydrogen-bond donors (Lipinski definition) is 1. The molecule has 0 unspecified atom stereocenters. The Hall–Kier alpha value is -1.52. The zero-order valence-electron chi connectivity index (χ0n) is 14.3. The van der Waals surface area contributed by atoms with Gasteiger partial charge in [-0.3, -0.25) is 0 Å². The van der Waals surface area contributed by atoms with Crippen molar-refractivity contribution in [3.63, 3.8) is 0 Å². The normalized spacial score (nSPS) is 10.1. The van der Waals surface area contributed by atoms with Crippen LogP contribution in [0.2, 0.25) is 0 Å². The van der Waals surface area contributed by atoms with E-state index in [4.69, 9.17) is 9.47 Å². The van der Waals surface area contributed by atoms with Gasteiger partial charge in [-0.1, -0.05) is 29.8 Å². The van der Waals surface area contributed by atoms with Crippen LogP contribution in [-0.4, -0.2) is 20.8 Å². The van der Waals surface area contributed by atoms with E-state index in [0.29, 0.717) is 0 Å².